The van der Waals surface area contributed by atoms with Crippen LogP contribution >= 0.6 is 11.8 Å². The Morgan fingerprint density at radius 1 is 1.50 bits per heavy atom. The van der Waals surface area contributed by atoms with E-state index in [4.69, 9.17) is 9.84 Å². The molecule has 3 heteroatoms. The average Bonchev–Trinajstić information content (AvgIpc) is 2.26. The van der Waals surface area contributed by atoms with Gasteiger partial charge in [0.1, 0.15) is 0 Å². The van der Waals surface area contributed by atoms with Crippen LogP contribution < -0.4 is 0 Å². The molecule has 0 saturated carbocycles. The molecule has 0 bridgehead atoms. The lowest BCUT2D eigenvalue weighted by atomic mass is 10.2. The van der Waals surface area contributed by atoms with E-state index in [0.29, 0.717) is 0 Å². The maximum atomic E-state index is 8.95. The van der Waals surface area contributed by atoms with E-state index in [2.05, 4.69) is 0 Å². The lowest BCUT2D eigenvalue weighted by Gasteiger charge is -2.08. The van der Waals surface area contributed by atoms with Crippen molar-refractivity contribution in [2.45, 2.75) is 24.5 Å². The maximum Gasteiger partial charge on any atom is 0.0682 e. The van der Waals surface area contributed by atoms with Crippen LogP contribution in [0, 0.1) is 0 Å². The lowest BCUT2D eigenvalue weighted by Crippen LogP contribution is -2.07. The monoisotopic (exact) mass is 212 g/mol. The zero-order valence-corrected chi connectivity index (χ0v) is 9.38. The summed E-state index contributed by atoms with van der Waals surface area (Å²) < 4.78 is 5.16. The summed E-state index contributed by atoms with van der Waals surface area (Å²) in [5.74, 6) is 0.936. The highest BCUT2D eigenvalue weighted by atomic mass is 32.2. The Hall–Kier alpha value is -0.510. The fourth-order valence-electron chi connectivity index (χ4n) is 1.02. The summed E-state index contributed by atoms with van der Waals surface area (Å²) in [6, 6.07) is 7.94. The van der Waals surface area contributed by atoms with E-state index in [1.807, 2.05) is 31.2 Å². The van der Waals surface area contributed by atoms with Crippen molar-refractivity contribution < 1.29 is 9.84 Å². The lowest BCUT2D eigenvalue weighted by molar-refractivity contribution is 0.138. The van der Waals surface area contributed by atoms with E-state index >= 15 is 0 Å². The Morgan fingerprint density at radius 3 is 2.93 bits per heavy atom. The van der Waals surface area contributed by atoms with Crippen molar-refractivity contribution in [2.75, 3.05) is 12.9 Å². The quantitative estimate of drug-likeness (QED) is 0.759. The van der Waals surface area contributed by atoms with Crippen LogP contribution in [0.5, 0.6) is 0 Å². The molecule has 78 valence electrons. The Bertz CT molecular complexity index is 276. The molecule has 0 aliphatic rings. The number of ether oxygens (including phenoxy) is 1. The first-order valence-corrected chi connectivity index (χ1v) is 5.60. The van der Waals surface area contributed by atoms with Gasteiger partial charge in [-0.2, -0.15) is 0 Å². The Morgan fingerprint density at radius 2 is 2.29 bits per heavy atom. The molecule has 0 saturated heterocycles. The second-order valence-electron chi connectivity index (χ2n) is 3.16. The van der Waals surface area contributed by atoms with Gasteiger partial charge in [0.25, 0.3) is 0 Å². The van der Waals surface area contributed by atoms with E-state index in [1.54, 1.807) is 18.9 Å². The molecule has 2 nitrogen and oxygen atoms in total. The smallest absolute Gasteiger partial charge is 0.0682 e. The van der Waals surface area contributed by atoms with Crippen LogP contribution in [0.2, 0.25) is 0 Å². The van der Waals surface area contributed by atoms with Crippen molar-refractivity contribution in [3.63, 3.8) is 0 Å². The summed E-state index contributed by atoms with van der Waals surface area (Å²) in [4.78, 5) is 1.18. The van der Waals surface area contributed by atoms with Crippen molar-refractivity contribution >= 4 is 11.8 Å². The Balaban J connectivity index is 2.50. The summed E-state index contributed by atoms with van der Waals surface area (Å²) >= 11 is 1.75. The highest BCUT2D eigenvalue weighted by molar-refractivity contribution is 7.99. The van der Waals surface area contributed by atoms with E-state index in [9.17, 15) is 0 Å². The number of hydrogen-bond acceptors (Lipinski definition) is 3. The topological polar surface area (TPSA) is 29.5 Å². The molecule has 14 heavy (non-hydrogen) atoms. The van der Waals surface area contributed by atoms with Crippen LogP contribution in [0.1, 0.15) is 12.5 Å². The van der Waals surface area contributed by atoms with Crippen LogP contribution in [-0.4, -0.2) is 24.1 Å². The normalized spacial score (nSPS) is 12.8. The van der Waals surface area contributed by atoms with E-state index in [0.717, 1.165) is 11.3 Å². The highest BCUT2D eigenvalue weighted by Crippen LogP contribution is 2.20. The van der Waals surface area contributed by atoms with Crippen LogP contribution in [-0.2, 0) is 11.3 Å². The largest absolute Gasteiger partial charge is 0.392 e. The van der Waals surface area contributed by atoms with Gasteiger partial charge < -0.3 is 9.84 Å². The van der Waals surface area contributed by atoms with Gasteiger partial charge in [-0.1, -0.05) is 12.1 Å². The number of aliphatic hydroxyl groups is 1. The molecule has 1 aromatic carbocycles. The van der Waals surface area contributed by atoms with Gasteiger partial charge in [-0.25, -0.2) is 0 Å². The number of rotatable bonds is 5. The van der Waals surface area contributed by atoms with Crippen molar-refractivity contribution in [3.8, 4) is 0 Å². The predicted molar refractivity (Wildman–Crippen MR) is 59.6 cm³/mol. The van der Waals surface area contributed by atoms with E-state index in [-0.39, 0.29) is 12.7 Å². The summed E-state index contributed by atoms with van der Waals surface area (Å²) in [5, 5.41) is 8.95. The fourth-order valence-corrected chi connectivity index (χ4v) is 1.99. The molecule has 1 unspecified atom stereocenters. The molecule has 0 aromatic heterocycles. The molecule has 1 N–H and O–H groups in total. The van der Waals surface area contributed by atoms with Crippen molar-refractivity contribution in [1.29, 1.82) is 0 Å². The van der Waals surface area contributed by atoms with Crippen LogP contribution in [0.15, 0.2) is 29.2 Å². The van der Waals surface area contributed by atoms with Crippen LogP contribution in [0.4, 0.5) is 0 Å². The maximum absolute atomic E-state index is 8.95. The van der Waals surface area contributed by atoms with Gasteiger partial charge in [0, 0.05) is 17.8 Å². The second kappa shape index (κ2) is 6.06. The fraction of sp³-hybridized carbons (Fsp3) is 0.455. The molecule has 0 spiro atoms. The molecule has 0 radical (unpaired) electrons. The molecule has 1 rings (SSSR count). The minimum Gasteiger partial charge on any atom is -0.392 e. The minimum absolute atomic E-state index is 0.105. The summed E-state index contributed by atoms with van der Waals surface area (Å²) in [6.07, 6.45) is 0.262. The molecular weight excluding hydrogens is 196 g/mol. The first-order chi connectivity index (χ1) is 6.76. The summed E-state index contributed by atoms with van der Waals surface area (Å²) in [5.41, 5.74) is 0.958. The van der Waals surface area contributed by atoms with Gasteiger partial charge in [0.05, 0.1) is 12.7 Å². The summed E-state index contributed by atoms with van der Waals surface area (Å²) in [7, 11) is 1.72. The predicted octanol–water partition coefficient (Wildman–Crippen LogP) is 2.31. The standard InChI is InChI=1S/C11H16O2S/c1-9(13-2)8-14-11-5-3-4-10(6-11)7-12/h3-6,9,12H,7-8H2,1-2H3. The SMILES string of the molecule is COC(C)CSc1cccc(CO)c1. The van der Waals surface area contributed by atoms with Gasteiger partial charge in [0.2, 0.25) is 0 Å². The Kier molecular flexibility index (Phi) is 5.01. The summed E-state index contributed by atoms with van der Waals surface area (Å²) in [6.45, 7) is 2.15. The molecule has 1 atom stereocenters. The molecule has 0 amide bonds. The zero-order chi connectivity index (χ0) is 10.4. The third-order valence-electron chi connectivity index (χ3n) is 1.97. The number of methoxy groups -OCH3 is 1. The molecule has 1 aromatic rings. The van der Waals surface area contributed by atoms with Crippen molar-refractivity contribution in [2.24, 2.45) is 0 Å². The zero-order valence-electron chi connectivity index (χ0n) is 8.56. The first-order valence-electron chi connectivity index (χ1n) is 4.61. The molecule has 0 aliphatic carbocycles. The van der Waals surface area contributed by atoms with E-state index in [1.165, 1.54) is 4.90 Å². The molecule has 0 heterocycles. The first kappa shape index (κ1) is 11.6. The van der Waals surface area contributed by atoms with Crippen molar-refractivity contribution in [3.05, 3.63) is 29.8 Å². The van der Waals surface area contributed by atoms with Gasteiger partial charge in [-0.3, -0.25) is 0 Å². The number of aliphatic hydroxyl groups excluding tert-OH is 1. The van der Waals surface area contributed by atoms with Gasteiger partial charge >= 0.3 is 0 Å². The number of benzene rings is 1. The number of thioether (sulfide) groups is 1. The third kappa shape index (κ3) is 3.70. The average molecular weight is 212 g/mol. The van der Waals surface area contributed by atoms with Crippen LogP contribution in [0.25, 0.3) is 0 Å². The third-order valence-corrected chi connectivity index (χ3v) is 3.19. The molecule has 0 fully saturated rings. The Labute approximate surface area is 89.3 Å². The van der Waals surface area contributed by atoms with E-state index < -0.39 is 0 Å². The highest BCUT2D eigenvalue weighted by Gasteiger charge is 2.01. The van der Waals surface area contributed by atoms with Crippen molar-refractivity contribution in [1.82, 2.24) is 0 Å². The number of hydrogen-bond donors (Lipinski definition) is 1. The van der Waals surface area contributed by atoms with Gasteiger partial charge in [-0.15, -0.1) is 11.8 Å². The minimum atomic E-state index is 0.105. The van der Waals surface area contributed by atoms with Gasteiger partial charge in [0.15, 0.2) is 0 Å². The molecular formula is C11H16O2S. The molecule has 0 aliphatic heterocycles. The second-order valence-corrected chi connectivity index (χ2v) is 4.26. The van der Waals surface area contributed by atoms with Crippen LogP contribution in [0.3, 0.4) is 0 Å². The van der Waals surface area contributed by atoms with Gasteiger partial charge in [-0.05, 0) is 24.6 Å².